The molecule has 1 amide bonds. The average molecular weight is 304 g/mol. The van der Waals surface area contributed by atoms with Crippen LogP contribution >= 0.6 is 15.9 Å². The Labute approximate surface area is 115 Å². The third-order valence-electron chi connectivity index (χ3n) is 2.90. The van der Waals surface area contributed by atoms with Crippen molar-refractivity contribution in [1.82, 2.24) is 0 Å². The quantitative estimate of drug-likeness (QED) is 0.925. The first-order valence-electron chi connectivity index (χ1n) is 5.75. The van der Waals surface area contributed by atoms with E-state index in [1.807, 2.05) is 54.6 Å². The molecule has 92 valence electrons. The van der Waals surface area contributed by atoms with E-state index in [2.05, 4.69) is 15.9 Å². The lowest BCUT2D eigenvalue weighted by molar-refractivity contribution is -0.119. The first-order chi connectivity index (χ1) is 8.66. The summed E-state index contributed by atoms with van der Waals surface area (Å²) in [4.78, 5) is 11.6. The molecule has 2 nitrogen and oxygen atoms in total. The van der Waals surface area contributed by atoms with E-state index in [9.17, 15) is 4.79 Å². The maximum Gasteiger partial charge on any atom is 0.225 e. The Morgan fingerprint density at radius 2 is 1.67 bits per heavy atom. The van der Waals surface area contributed by atoms with E-state index in [1.54, 1.807) is 0 Å². The number of rotatable bonds is 4. The number of primary amides is 1. The van der Waals surface area contributed by atoms with Crippen molar-refractivity contribution in [2.24, 2.45) is 5.73 Å². The molecule has 0 spiro atoms. The molecule has 2 rings (SSSR count). The average Bonchev–Trinajstić information content (AvgIpc) is 2.38. The van der Waals surface area contributed by atoms with Crippen LogP contribution in [0.1, 0.15) is 17.0 Å². The summed E-state index contributed by atoms with van der Waals surface area (Å²) in [6, 6.07) is 17.6. The van der Waals surface area contributed by atoms with Crippen molar-refractivity contribution < 1.29 is 4.79 Å². The fourth-order valence-corrected chi connectivity index (χ4v) is 2.19. The largest absolute Gasteiger partial charge is 0.369 e. The zero-order valence-corrected chi connectivity index (χ0v) is 11.4. The molecular formula is C15H14BrNO. The predicted octanol–water partition coefficient (Wildman–Crippen LogP) is 3.26. The number of amides is 1. The minimum atomic E-state index is -0.291. The highest BCUT2D eigenvalue weighted by Crippen LogP contribution is 2.22. The van der Waals surface area contributed by atoms with Crippen LogP contribution in [0.3, 0.4) is 0 Å². The summed E-state index contributed by atoms with van der Waals surface area (Å²) in [7, 11) is 0. The van der Waals surface area contributed by atoms with E-state index >= 15 is 0 Å². The van der Waals surface area contributed by atoms with Gasteiger partial charge in [-0.2, -0.15) is 0 Å². The monoisotopic (exact) mass is 303 g/mol. The van der Waals surface area contributed by atoms with Gasteiger partial charge in [-0.15, -0.1) is 0 Å². The van der Waals surface area contributed by atoms with Crippen LogP contribution in [0.5, 0.6) is 0 Å². The van der Waals surface area contributed by atoms with Crippen LogP contribution < -0.4 is 5.73 Å². The van der Waals surface area contributed by atoms with E-state index < -0.39 is 0 Å². The molecule has 2 aromatic carbocycles. The van der Waals surface area contributed by atoms with Gasteiger partial charge in [-0.1, -0.05) is 58.4 Å². The first kappa shape index (κ1) is 12.8. The Balaban J connectivity index is 2.24. The molecule has 0 aromatic heterocycles. The predicted molar refractivity (Wildman–Crippen MR) is 76.2 cm³/mol. The Hall–Kier alpha value is -1.61. The van der Waals surface area contributed by atoms with Crippen molar-refractivity contribution in [3.63, 3.8) is 0 Å². The van der Waals surface area contributed by atoms with E-state index in [0.717, 1.165) is 15.6 Å². The van der Waals surface area contributed by atoms with Gasteiger partial charge in [-0.25, -0.2) is 0 Å². The highest BCUT2D eigenvalue weighted by Gasteiger charge is 2.18. The van der Waals surface area contributed by atoms with Crippen LogP contribution in [0.25, 0.3) is 0 Å². The van der Waals surface area contributed by atoms with Crippen LogP contribution in [0.4, 0.5) is 0 Å². The van der Waals surface area contributed by atoms with E-state index in [1.165, 1.54) is 0 Å². The van der Waals surface area contributed by atoms with Gasteiger partial charge >= 0.3 is 0 Å². The summed E-state index contributed by atoms with van der Waals surface area (Å²) in [5.41, 5.74) is 7.57. The summed E-state index contributed by atoms with van der Waals surface area (Å²) < 4.78 is 0.995. The van der Waals surface area contributed by atoms with Gasteiger partial charge in [0, 0.05) is 4.47 Å². The fourth-order valence-electron chi connectivity index (χ4n) is 1.93. The van der Waals surface area contributed by atoms with Crippen molar-refractivity contribution in [2.45, 2.75) is 12.3 Å². The van der Waals surface area contributed by atoms with Gasteiger partial charge in [0.15, 0.2) is 0 Å². The van der Waals surface area contributed by atoms with Gasteiger partial charge in [0.05, 0.1) is 5.92 Å². The third kappa shape index (κ3) is 3.20. The van der Waals surface area contributed by atoms with Crippen molar-refractivity contribution in [3.05, 3.63) is 70.2 Å². The Morgan fingerprint density at radius 3 is 2.22 bits per heavy atom. The van der Waals surface area contributed by atoms with Gasteiger partial charge in [0.25, 0.3) is 0 Å². The number of hydrogen-bond donors (Lipinski definition) is 1. The molecule has 0 saturated carbocycles. The van der Waals surface area contributed by atoms with E-state index in [-0.39, 0.29) is 11.8 Å². The summed E-state index contributed by atoms with van der Waals surface area (Å²) in [5, 5.41) is 0. The van der Waals surface area contributed by atoms with Crippen LogP contribution in [-0.2, 0) is 11.2 Å². The van der Waals surface area contributed by atoms with Gasteiger partial charge < -0.3 is 5.73 Å². The molecule has 0 saturated heterocycles. The highest BCUT2D eigenvalue weighted by molar-refractivity contribution is 9.10. The Bertz CT molecular complexity index is 522. The SMILES string of the molecule is NC(=O)C(Cc1ccccc1)c1ccc(Br)cc1. The second-order valence-electron chi connectivity index (χ2n) is 4.20. The lowest BCUT2D eigenvalue weighted by Gasteiger charge is -2.14. The van der Waals surface area contributed by atoms with Crippen molar-refractivity contribution >= 4 is 21.8 Å². The molecule has 18 heavy (non-hydrogen) atoms. The van der Waals surface area contributed by atoms with Gasteiger partial charge in [-0.3, -0.25) is 4.79 Å². The number of carbonyl (C=O) groups excluding carboxylic acids is 1. The summed E-state index contributed by atoms with van der Waals surface area (Å²) in [6.45, 7) is 0. The van der Waals surface area contributed by atoms with E-state index in [0.29, 0.717) is 6.42 Å². The Kier molecular flexibility index (Phi) is 4.15. The highest BCUT2D eigenvalue weighted by atomic mass is 79.9. The van der Waals surface area contributed by atoms with Crippen LogP contribution in [0.2, 0.25) is 0 Å². The molecule has 2 aromatic rings. The number of halogens is 1. The number of benzene rings is 2. The second kappa shape index (κ2) is 5.83. The third-order valence-corrected chi connectivity index (χ3v) is 3.43. The van der Waals surface area contributed by atoms with Crippen LogP contribution in [0.15, 0.2) is 59.1 Å². The molecule has 0 aliphatic heterocycles. The zero-order chi connectivity index (χ0) is 13.0. The molecule has 0 bridgehead atoms. The topological polar surface area (TPSA) is 43.1 Å². The molecule has 1 unspecified atom stereocenters. The maximum absolute atomic E-state index is 11.6. The molecule has 0 aliphatic rings. The van der Waals surface area contributed by atoms with Gasteiger partial charge in [0.1, 0.15) is 0 Å². The smallest absolute Gasteiger partial charge is 0.225 e. The lowest BCUT2D eigenvalue weighted by Crippen LogP contribution is -2.23. The normalized spacial score (nSPS) is 12.1. The summed E-state index contributed by atoms with van der Waals surface area (Å²) in [5.74, 6) is -0.568. The number of nitrogens with two attached hydrogens (primary N) is 1. The van der Waals surface area contributed by atoms with Crippen molar-refractivity contribution in [1.29, 1.82) is 0 Å². The van der Waals surface area contributed by atoms with Gasteiger partial charge in [-0.05, 0) is 29.7 Å². The molecule has 0 fully saturated rings. The zero-order valence-electron chi connectivity index (χ0n) is 9.84. The molecule has 3 heteroatoms. The summed E-state index contributed by atoms with van der Waals surface area (Å²) in [6.07, 6.45) is 0.637. The molecular weight excluding hydrogens is 290 g/mol. The molecule has 2 N–H and O–H groups in total. The molecule has 0 radical (unpaired) electrons. The minimum absolute atomic E-state index is 0.277. The van der Waals surface area contributed by atoms with E-state index in [4.69, 9.17) is 5.73 Å². The Morgan fingerprint density at radius 1 is 1.06 bits per heavy atom. The minimum Gasteiger partial charge on any atom is -0.369 e. The molecule has 1 atom stereocenters. The standard InChI is InChI=1S/C15H14BrNO/c16-13-8-6-12(7-9-13)14(15(17)18)10-11-4-2-1-3-5-11/h1-9,14H,10H2,(H2,17,18). The molecule has 0 heterocycles. The lowest BCUT2D eigenvalue weighted by atomic mass is 9.91. The van der Waals surface area contributed by atoms with Crippen molar-refractivity contribution in [3.8, 4) is 0 Å². The van der Waals surface area contributed by atoms with Crippen LogP contribution in [-0.4, -0.2) is 5.91 Å². The number of carbonyl (C=O) groups is 1. The van der Waals surface area contributed by atoms with Crippen molar-refractivity contribution in [2.75, 3.05) is 0 Å². The maximum atomic E-state index is 11.6. The second-order valence-corrected chi connectivity index (χ2v) is 5.11. The number of hydrogen-bond acceptors (Lipinski definition) is 1. The van der Waals surface area contributed by atoms with Gasteiger partial charge in [0.2, 0.25) is 5.91 Å². The first-order valence-corrected chi connectivity index (χ1v) is 6.55. The fraction of sp³-hybridized carbons (Fsp3) is 0.133. The summed E-state index contributed by atoms with van der Waals surface area (Å²) >= 11 is 3.38. The molecule has 0 aliphatic carbocycles. The van der Waals surface area contributed by atoms with Crippen LogP contribution in [0, 0.1) is 0 Å².